The summed E-state index contributed by atoms with van der Waals surface area (Å²) in [5, 5.41) is 2.62. The van der Waals surface area contributed by atoms with Crippen molar-refractivity contribution in [3.8, 4) is 22.9 Å². The summed E-state index contributed by atoms with van der Waals surface area (Å²) in [6.07, 6.45) is 5.09. The highest BCUT2D eigenvalue weighted by atomic mass is 28.3. The van der Waals surface area contributed by atoms with Gasteiger partial charge in [-0.15, -0.1) is 11.1 Å². The molecule has 1 nitrogen and oxygen atoms in total. The van der Waals surface area contributed by atoms with E-state index in [1.54, 1.807) is 0 Å². The lowest BCUT2D eigenvalue weighted by atomic mass is 10.1. The molecule has 3 rings (SSSR count). The van der Waals surface area contributed by atoms with Crippen LogP contribution in [0.25, 0.3) is 21.8 Å². The van der Waals surface area contributed by atoms with Crippen LogP contribution in [-0.4, -0.2) is 20.7 Å². The molecule has 0 N–H and O–H groups in total. The molecular weight excluding hydrogens is 406 g/mol. The molecule has 0 fully saturated rings. The first-order valence-electron chi connectivity index (χ1n) is 11.7. The first-order chi connectivity index (χ1) is 14.6. The minimum absolute atomic E-state index is 1.07. The monoisotopic (exact) mass is 443 g/mol. The summed E-state index contributed by atoms with van der Waals surface area (Å²) in [6, 6.07) is 13.5. The second-order valence-electron chi connectivity index (χ2n) is 10.7. The van der Waals surface area contributed by atoms with E-state index in [2.05, 4.69) is 110 Å². The van der Waals surface area contributed by atoms with Crippen molar-refractivity contribution in [2.45, 2.75) is 78.4 Å². The van der Waals surface area contributed by atoms with Crippen molar-refractivity contribution in [1.29, 1.82) is 0 Å². The van der Waals surface area contributed by atoms with Crippen molar-refractivity contribution in [3.05, 3.63) is 47.5 Å². The van der Waals surface area contributed by atoms with Crippen molar-refractivity contribution in [2.24, 2.45) is 0 Å². The lowest BCUT2D eigenvalue weighted by molar-refractivity contribution is 0.602. The third-order valence-electron chi connectivity index (χ3n) is 5.26. The SMILES string of the molecule is CCCCCCn1c2ccc(C#C[Si](C)(C)C)cc2c2cc(C#C[Si](C)(C)C)ccc21. The molecule has 0 amide bonds. The van der Waals surface area contributed by atoms with E-state index in [1.807, 2.05) is 0 Å². The maximum Gasteiger partial charge on any atom is 0.129 e. The van der Waals surface area contributed by atoms with E-state index in [0.29, 0.717) is 0 Å². The zero-order valence-corrected chi connectivity index (χ0v) is 22.4. The van der Waals surface area contributed by atoms with Crippen LogP contribution in [0.4, 0.5) is 0 Å². The van der Waals surface area contributed by atoms with Crippen LogP contribution in [0.5, 0.6) is 0 Å². The topological polar surface area (TPSA) is 4.93 Å². The summed E-state index contributed by atoms with van der Waals surface area (Å²) in [6.45, 7) is 17.1. The number of benzene rings is 2. The van der Waals surface area contributed by atoms with Gasteiger partial charge in [0.05, 0.1) is 0 Å². The molecule has 0 atom stereocenters. The van der Waals surface area contributed by atoms with Gasteiger partial charge in [-0.2, -0.15) is 0 Å². The van der Waals surface area contributed by atoms with Crippen LogP contribution in [0.3, 0.4) is 0 Å². The largest absolute Gasteiger partial charge is 0.340 e. The fourth-order valence-corrected chi connectivity index (χ4v) is 4.76. The maximum atomic E-state index is 3.52. The maximum absolute atomic E-state index is 3.52. The molecule has 31 heavy (non-hydrogen) atoms. The van der Waals surface area contributed by atoms with Crippen molar-refractivity contribution < 1.29 is 0 Å². The molecule has 1 heterocycles. The number of unbranched alkanes of at least 4 members (excludes halogenated alkanes) is 3. The molecule has 0 spiro atoms. The van der Waals surface area contributed by atoms with E-state index >= 15 is 0 Å². The normalized spacial score (nSPS) is 11.8. The second-order valence-corrected chi connectivity index (χ2v) is 20.2. The van der Waals surface area contributed by atoms with Gasteiger partial charge in [-0.25, -0.2) is 0 Å². The Balaban J connectivity index is 2.14. The molecule has 162 valence electrons. The minimum atomic E-state index is -1.40. The van der Waals surface area contributed by atoms with E-state index in [4.69, 9.17) is 0 Å². The number of fused-ring (bicyclic) bond motifs is 3. The molecule has 3 aromatic rings. The van der Waals surface area contributed by atoms with E-state index in [1.165, 1.54) is 47.5 Å². The Kier molecular flexibility index (Phi) is 7.20. The Hall–Kier alpha value is -2.21. The molecule has 0 bridgehead atoms. The van der Waals surface area contributed by atoms with Crippen LogP contribution in [0.1, 0.15) is 43.7 Å². The third kappa shape index (κ3) is 6.39. The van der Waals surface area contributed by atoms with Gasteiger partial charge in [0.1, 0.15) is 16.1 Å². The number of aromatic nitrogens is 1. The average Bonchev–Trinajstić information content (AvgIpc) is 2.99. The third-order valence-corrected chi connectivity index (χ3v) is 7.01. The quantitative estimate of drug-likeness (QED) is 0.215. The van der Waals surface area contributed by atoms with Gasteiger partial charge in [0.25, 0.3) is 0 Å². The lowest BCUT2D eigenvalue weighted by Crippen LogP contribution is -2.16. The standard InChI is InChI=1S/C28H37NSi2/c1-8-9-10-11-18-29-27-14-12-23(16-19-30(2,3)4)21-25(27)26-22-24(13-15-28(26)29)17-20-31(5,6)7/h12-15,21-22H,8-11,18H2,1-7H3. The summed E-state index contributed by atoms with van der Waals surface area (Å²) < 4.78 is 2.51. The Morgan fingerprint density at radius 2 is 1.16 bits per heavy atom. The number of aryl methyl sites for hydroxylation is 1. The van der Waals surface area contributed by atoms with E-state index in [-0.39, 0.29) is 0 Å². The summed E-state index contributed by atoms with van der Waals surface area (Å²) in [5.74, 6) is 6.90. The van der Waals surface area contributed by atoms with Gasteiger partial charge in [-0.3, -0.25) is 0 Å². The summed E-state index contributed by atoms with van der Waals surface area (Å²) >= 11 is 0. The van der Waals surface area contributed by atoms with Gasteiger partial charge < -0.3 is 4.57 Å². The highest BCUT2D eigenvalue weighted by Gasteiger charge is 2.13. The Morgan fingerprint density at radius 1 is 0.677 bits per heavy atom. The fourth-order valence-electron chi connectivity index (χ4n) is 3.72. The molecule has 0 saturated carbocycles. The van der Waals surface area contributed by atoms with E-state index < -0.39 is 16.1 Å². The van der Waals surface area contributed by atoms with Crippen LogP contribution in [0.2, 0.25) is 39.3 Å². The first kappa shape index (κ1) is 23.5. The van der Waals surface area contributed by atoms with Crippen LogP contribution in [0, 0.1) is 22.9 Å². The lowest BCUT2D eigenvalue weighted by Gasteiger charge is -2.08. The Morgan fingerprint density at radius 3 is 1.58 bits per heavy atom. The van der Waals surface area contributed by atoms with Gasteiger partial charge >= 0.3 is 0 Å². The highest BCUT2D eigenvalue weighted by molar-refractivity contribution is 6.84. The van der Waals surface area contributed by atoms with Gasteiger partial charge in [0, 0.05) is 39.5 Å². The highest BCUT2D eigenvalue weighted by Crippen LogP contribution is 2.31. The van der Waals surface area contributed by atoms with Crippen molar-refractivity contribution in [3.63, 3.8) is 0 Å². The minimum Gasteiger partial charge on any atom is -0.340 e. The zero-order valence-electron chi connectivity index (χ0n) is 20.4. The Bertz CT molecular complexity index is 1110. The number of nitrogens with zero attached hydrogens (tertiary/aromatic N) is 1. The smallest absolute Gasteiger partial charge is 0.129 e. The van der Waals surface area contributed by atoms with Gasteiger partial charge in [0.2, 0.25) is 0 Å². The van der Waals surface area contributed by atoms with Gasteiger partial charge in [-0.1, -0.05) is 77.3 Å². The van der Waals surface area contributed by atoms with E-state index in [9.17, 15) is 0 Å². The molecule has 0 aliphatic carbocycles. The molecule has 2 aromatic carbocycles. The van der Waals surface area contributed by atoms with Gasteiger partial charge in [0.15, 0.2) is 0 Å². The molecule has 0 aliphatic heterocycles. The molecule has 0 unspecified atom stereocenters. The molecule has 0 radical (unpaired) electrons. The predicted octanol–water partition coefficient (Wildman–Crippen LogP) is 7.83. The number of hydrogen-bond acceptors (Lipinski definition) is 0. The fraction of sp³-hybridized carbons (Fsp3) is 0.429. The number of rotatable bonds is 5. The van der Waals surface area contributed by atoms with Crippen molar-refractivity contribution >= 4 is 38.0 Å². The van der Waals surface area contributed by atoms with Crippen molar-refractivity contribution in [2.75, 3.05) is 0 Å². The first-order valence-corrected chi connectivity index (χ1v) is 18.7. The van der Waals surface area contributed by atoms with Gasteiger partial charge in [-0.05, 0) is 42.8 Å². The molecule has 3 heteroatoms. The molecule has 0 aliphatic rings. The van der Waals surface area contributed by atoms with Crippen molar-refractivity contribution in [1.82, 2.24) is 4.57 Å². The average molecular weight is 444 g/mol. The van der Waals surface area contributed by atoms with Crippen LogP contribution < -0.4 is 0 Å². The number of hydrogen-bond donors (Lipinski definition) is 0. The summed E-state index contributed by atoms with van der Waals surface area (Å²) in [5.41, 5.74) is 11.9. The summed E-state index contributed by atoms with van der Waals surface area (Å²) in [7, 11) is -2.80. The predicted molar refractivity (Wildman–Crippen MR) is 144 cm³/mol. The zero-order chi connectivity index (χ0) is 22.6. The van der Waals surface area contributed by atoms with E-state index in [0.717, 1.165) is 17.7 Å². The van der Waals surface area contributed by atoms with Crippen LogP contribution in [-0.2, 0) is 6.54 Å². The Labute approximate surface area is 191 Å². The molecular formula is C28H37NSi2. The molecule has 0 saturated heterocycles. The van der Waals surface area contributed by atoms with Crippen LogP contribution >= 0.6 is 0 Å². The van der Waals surface area contributed by atoms with Crippen LogP contribution in [0.15, 0.2) is 36.4 Å². The molecule has 1 aromatic heterocycles. The second kappa shape index (κ2) is 9.51. The summed E-state index contributed by atoms with van der Waals surface area (Å²) in [4.78, 5) is 0.